The fourth-order valence-corrected chi connectivity index (χ4v) is 3.13. The van der Waals surface area contributed by atoms with Crippen molar-refractivity contribution < 1.29 is 9.90 Å². The molecular formula is C14H17BrClNO2. The molecule has 0 spiro atoms. The molecule has 3 nitrogen and oxygen atoms in total. The van der Waals surface area contributed by atoms with E-state index in [9.17, 15) is 9.90 Å². The highest BCUT2D eigenvalue weighted by atomic mass is 79.9. The monoisotopic (exact) mass is 345 g/mol. The van der Waals surface area contributed by atoms with Crippen LogP contribution < -0.4 is 5.32 Å². The van der Waals surface area contributed by atoms with Gasteiger partial charge in [0, 0.05) is 16.4 Å². The van der Waals surface area contributed by atoms with E-state index in [2.05, 4.69) is 21.2 Å². The van der Waals surface area contributed by atoms with Crippen LogP contribution in [0.3, 0.4) is 0 Å². The van der Waals surface area contributed by atoms with Gasteiger partial charge in [0.05, 0.1) is 5.56 Å². The van der Waals surface area contributed by atoms with Gasteiger partial charge in [0.1, 0.15) is 5.75 Å². The van der Waals surface area contributed by atoms with Gasteiger partial charge in [-0.25, -0.2) is 0 Å². The zero-order valence-corrected chi connectivity index (χ0v) is 12.9. The van der Waals surface area contributed by atoms with Crippen LogP contribution in [0.25, 0.3) is 0 Å². The lowest BCUT2D eigenvalue weighted by molar-refractivity contribution is 0.0941. The Morgan fingerprint density at radius 3 is 2.84 bits per heavy atom. The molecule has 1 aliphatic rings. The summed E-state index contributed by atoms with van der Waals surface area (Å²) in [6.07, 6.45) is 4.42. The Bertz CT molecular complexity index is 467. The number of nitrogens with one attached hydrogen (secondary N) is 1. The summed E-state index contributed by atoms with van der Waals surface area (Å²) in [6.45, 7) is 0.572. The van der Waals surface area contributed by atoms with Crippen LogP contribution in [0.4, 0.5) is 0 Å². The van der Waals surface area contributed by atoms with E-state index in [0.717, 1.165) is 17.3 Å². The summed E-state index contributed by atoms with van der Waals surface area (Å²) in [6, 6.07) is 4.85. The maximum Gasteiger partial charge on any atom is 0.255 e. The topological polar surface area (TPSA) is 49.3 Å². The quantitative estimate of drug-likeness (QED) is 0.820. The highest BCUT2D eigenvalue weighted by Crippen LogP contribution is 2.28. The smallest absolute Gasteiger partial charge is 0.255 e. The molecule has 0 saturated heterocycles. The van der Waals surface area contributed by atoms with Gasteiger partial charge in [0.25, 0.3) is 5.91 Å². The number of alkyl halides is 1. The van der Waals surface area contributed by atoms with Crippen LogP contribution in [0.15, 0.2) is 22.7 Å². The molecule has 0 bridgehead atoms. The number of benzene rings is 1. The number of hydrogen-bond acceptors (Lipinski definition) is 2. The highest BCUT2D eigenvalue weighted by molar-refractivity contribution is 9.10. The molecule has 1 saturated carbocycles. The summed E-state index contributed by atoms with van der Waals surface area (Å²) in [5.41, 5.74) is 0.296. The summed E-state index contributed by atoms with van der Waals surface area (Å²) in [7, 11) is 0. The van der Waals surface area contributed by atoms with Gasteiger partial charge in [0.15, 0.2) is 0 Å². The molecule has 2 unspecified atom stereocenters. The Hall–Kier alpha value is -0.740. The Kier molecular flexibility index (Phi) is 5.11. The van der Waals surface area contributed by atoms with Gasteiger partial charge in [-0.15, -0.1) is 11.6 Å². The molecule has 1 fully saturated rings. The van der Waals surface area contributed by atoms with Crippen LogP contribution in [-0.2, 0) is 0 Å². The van der Waals surface area contributed by atoms with Crippen molar-refractivity contribution in [3.05, 3.63) is 28.2 Å². The van der Waals surface area contributed by atoms with Gasteiger partial charge in [0.2, 0.25) is 0 Å². The third-order valence-electron chi connectivity index (χ3n) is 3.55. The van der Waals surface area contributed by atoms with Gasteiger partial charge in [-0.1, -0.05) is 28.8 Å². The van der Waals surface area contributed by atoms with E-state index in [-0.39, 0.29) is 17.0 Å². The fraction of sp³-hybridized carbons (Fsp3) is 0.500. The molecule has 2 atom stereocenters. The number of carbonyl (C=O) groups excluding carboxylic acids is 1. The normalized spacial score (nSPS) is 23.1. The minimum atomic E-state index is -0.251. The zero-order chi connectivity index (χ0) is 13.8. The number of carbonyl (C=O) groups is 1. The van der Waals surface area contributed by atoms with E-state index in [4.69, 9.17) is 11.6 Å². The number of halogens is 2. The molecule has 2 rings (SSSR count). The van der Waals surface area contributed by atoms with Crippen molar-refractivity contribution >= 4 is 33.4 Å². The first kappa shape index (κ1) is 14.7. The van der Waals surface area contributed by atoms with E-state index in [1.54, 1.807) is 12.1 Å². The standard InChI is InChI=1S/C14H17BrClNO2/c15-10-5-6-11(13(18)7-10)14(19)17-8-9-3-1-2-4-12(9)16/h5-7,9,12,18H,1-4,8H2,(H,17,19). The van der Waals surface area contributed by atoms with E-state index in [1.807, 2.05) is 0 Å². The van der Waals surface area contributed by atoms with Crippen molar-refractivity contribution in [3.8, 4) is 5.75 Å². The van der Waals surface area contributed by atoms with Crippen molar-refractivity contribution in [3.63, 3.8) is 0 Å². The van der Waals surface area contributed by atoms with Crippen LogP contribution >= 0.6 is 27.5 Å². The molecule has 2 N–H and O–H groups in total. The number of aromatic hydroxyl groups is 1. The molecule has 104 valence electrons. The second kappa shape index (κ2) is 6.62. The van der Waals surface area contributed by atoms with E-state index >= 15 is 0 Å². The number of hydrogen-bond donors (Lipinski definition) is 2. The van der Waals surface area contributed by atoms with Crippen LogP contribution in [0.5, 0.6) is 5.75 Å². The van der Waals surface area contributed by atoms with Gasteiger partial charge in [-0.3, -0.25) is 4.79 Å². The lowest BCUT2D eigenvalue weighted by Gasteiger charge is -2.27. The van der Waals surface area contributed by atoms with Crippen molar-refractivity contribution in [2.24, 2.45) is 5.92 Å². The van der Waals surface area contributed by atoms with Crippen LogP contribution in [0, 0.1) is 5.92 Å². The lowest BCUT2D eigenvalue weighted by atomic mass is 9.88. The van der Waals surface area contributed by atoms with E-state index < -0.39 is 0 Å². The zero-order valence-electron chi connectivity index (χ0n) is 10.5. The minimum Gasteiger partial charge on any atom is -0.507 e. The van der Waals surface area contributed by atoms with E-state index in [0.29, 0.717) is 18.0 Å². The largest absolute Gasteiger partial charge is 0.507 e. The van der Waals surface area contributed by atoms with Crippen molar-refractivity contribution in [1.82, 2.24) is 5.32 Å². The average molecular weight is 347 g/mol. The van der Waals surface area contributed by atoms with Crippen molar-refractivity contribution in [1.29, 1.82) is 0 Å². The molecule has 0 aliphatic heterocycles. The average Bonchev–Trinajstić information content (AvgIpc) is 2.37. The fourth-order valence-electron chi connectivity index (χ4n) is 2.41. The molecule has 0 aromatic heterocycles. The molecular weight excluding hydrogens is 330 g/mol. The number of phenolic OH excluding ortho intramolecular Hbond substituents is 1. The summed E-state index contributed by atoms with van der Waals surface area (Å²) in [4.78, 5) is 12.0. The summed E-state index contributed by atoms with van der Waals surface area (Å²) < 4.78 is 0.745. The van der Waals surface area contributed by atoms with Gasteiger partial charge < -0.3 is 10.4 Å². The predicted octanol–water partition coefficient (Wildman–Crippen LogP) is 3.68. The molecule has 1 amide bonds. The minimum absolute atomic E-state index is 0.0158. The van der Waals surface area contributed by atoms with E-state index in [1.165, 1.54) is 18.9 Å². The maximum atomic E-state index is 12.0. The van der Waals surface area contributed by atoms with Crippen molar-refractivity contribution in [2.75, 3.05) is 6.54 Å². The Morgan fingerprint density at radius 2 is 2.16 bits per heavy atom. The Balaban J connectivity index is 1.93. The molecule has 1 aromatic rings. The molecule has 19 heavy (non-hydrogen) atoms. The second-order valence-corrected chi connectivity index (χ2v) is 6.41. The first-order valence-electron chi connectivity index (χ1n) is 6.48. The molecule has 0 radical (unpaired) electrons. The number of amides is 1. The molecule has 5 heteroatoms. The second-order valence-electron chi connectivity index (χ2n) is 4.93. The SMILES string of the molecule is O=C(NCC1CCCCC1Cl)c1ccc(Br)cc1O. The van der Waals surface area contributed by atoms with Gasteiger partial charge in [-0.05, 0) is 37.0 Å². The van der Waals surface area contributed by atoms with Gasteiger partial charge >= 0.3 is 0 Å². The predicted molar refractivity (Wildman–Crippen MR) is 79.7 cm³/mol. The Labute approximate surface area is 126 Å². The van der Waals surface area contributed by atoms with Crippen LogP contribution in [0.2, 0.25) is 0 Å². The third kappa shape index (κ3) is 3.86. The molecule has 1 aromatic carbocycles. The first-order valence-corrected chi connectivity index (χ1v) is 7.71. The Morgan fingerprint density at radius 1 is 1.42 bits per heavy atom. The van der Waals surface area contributed by atoms with Crippen LogP contribution in [0.1, 0.15) is 36.0 Å². The first-order chi connectivity index (χ1) is 9.08. The maximum absolute atomic E-state index is 12.0. The van der Waals surface area contributed by atoms with Gasteiger partial charge in [-0.2, -0.15) is 0 Å². The number of phenols is 1. The lowest BCUT2D eigenvalue weighted by Crippen LogP contribution is -2.34. The molecule has 1 aliphatic carbocycles. The summed E-state index contributed by atoms with van der Waals surface area (Å²) in [5.74, 6) is 0.0642. The number of rotatable bonds is 3. The van der Waals surface area contributed by atoms with Crippen LogP contribution in [-0.4, -0.2) is 22.9 Å². The third-order valence-corrected chi connectivity index (χ3v) is 4.61. The highest BCUT2D eigenvalue weighted by Gasteiger charge is 2.23. The van der Waals surface area contributed by atoms with Crippen molar-refractivity contribution in [2.45, 2.75) is 31.1 Å². The summed E-state index contributed by atoms with van der Waals surface area (Å²) in [5, 5.41) is 12.7. The molecule has 0 heterocycles. The summed E-state index contributed by atoms with van der Waals surface area (Å²) >= 11 is 9.50.